The van der Waals surface area contributed by atoms with Crippen LogP contribution in [0.15, 0.2) is 24.3 Å². The third kappa shape index (κ3) is 3.95. The van der Waals surface area contributed by atoms with Crippen molar-refractivity contribution in [2.45, 2.75) is 19.3 Å². The third-order valence-corrected chi connectivity index (χ3v) is 3.74. The average Bonchev–Trinajstić information content (AvgIpc) is 3.25. The quantitative estimate of drug-likeness (QED) is 0.716. The highest BCUT2D eigenvalue weighted by Gasteiger charge is 2.50. The summed E-state index contributed by atoms with van der Waals surface area (Å²) in [4.78, 5) is 22.9. The Balaban J connectivity index is 1.89. The van der Waals surface area contributed by atoms with Gasteiger partial charge in [-0.25, -0.2) is 4.79 Å². The molecule has 0 saturated heterocycles. The standard InChI is InChI=1S/C15H20N2O4/c1-21-9-6-11-4-2-3-5-12(11)17-14(20)16-10-15(7-8-15)13(18)19/h2-5H,6-10H2,1H3,(H,18,19)(H2,16,17,20). The summed E-state index contributed by atoms with van der Waals surface area (Å²) in [5, 5.41) is 14.5. The van der Waals surface area contributed by atoms with E-state index in [-0.39, 0.29) is 12.6 Å². The fourth-order valence-electron chi connectivity index (χ4n) is 2.11. The molecule has 0 radical (unpaired) electrons. The lowest BCUT2D eigenvalue weighted by molar-refractivity contribution is -0.143. The molecular formula is C15H20N2O4. The van der Waals surface area contributed by atoms with Crippen LogP contribution in [0.25, 0.3) is 0 Å². The molecule has 6 nitrogen and oxygen atoms in total. The number of para-hydroxylation sites is 1. The maximum Gasteiger partial charge on any atom is 0.319 e. The SMILES string of the molecule is COCCc1ccccc1NC(=O)NCC1(C(=O)O)CC1. The molecule has 0 unspecified atom stereocenters. The number of ether oxygens (including phenoxy) is 1. The Bertz CT molecular complexity index is 526. The van der Waals surface area contributed by atoms with Gasteiger partial charge in [-0.1, -0.05) is 18.2 Å². The van der Waals surface area contributed by atoms with E-state index < -0.39 is 11.4 Å². The lowest BCUT2D eigenvalue weighted by atomic mass is 10.1. The van der Waals surface area contributed by atoms with Gasteiger partial charge in [0.1, 0.15) is 0 Å². The van der Waals surface area contributed by atoms with Crippen molar-refractivity contribution < 1.29 is 19.4 Å². The largest absolute Gasteiger partial charge is 0.481 e. The van der Waals surface area contributed by atoms with Crippen LogP contribution >= 0.6 is 0 Å². The van der Waals surface area contributed by atoms with Crippen LogP contribution in [0.5, 0.6) is 0 Å². The number of carboxylic acids is 1. The van der Waals surface area contributed by atoms with Crippen LogP contribution in [0.4, 0.5) is 10.5 Å². The fraction of sp³-hybridized carbons (Fsp3) is 0.467. The first-order valence-corrected chi connectivity index (χ1v) is 6.92. The molecule has 1 saturated carbocycles. The van der Waals surface area contributed by atoms with E-state index in [4.69, 9.17) is 9.84 Å². The molecule has 1 aliphatic rings. The minimum atomic E-state index is -0.844. The molecule has 3 N–H and O–H groups in total. The van der Waals surface area contributed by atoms with Gasteiger partial charge >= 0.3 is 12.0 Å². The van der Waals surface area contributed by atoms with Gasteiger partial charge in [0.25, 0.3) is 0 Å². The molecule has 0 aliphatic heterocycles. The van der Waals surface area contributed by atoms with Gasteiger partial charge in [-0.15, -0.1) is 0 Å². The van der Waals surface area contributed by atoms with Gasteiger partial charge in [0.2, 0.25) is 0 Å². The van der Waals surface area contributed by atoms with Gasteiger partial charge in [0.15, 0.2) is 0 Å². The molecule has 0 heterocycles. The molecule has 0 atom stereocenters. The van der Waals surface area contributed by atoms with Gasteiger partial charge in [0, 0.05) is 19.3 Å². The lowest BCUT2D eigenvalue weighted by Crippen LogP contribution is -2.37. The molecule has 1 aromatic carbocycles. The second-order valence-electron chi connectivity index (χ2n) is 5.29. The van der Waals surface area contributed by atoms with Gasteiger partial charge in [-0.05, 0) is 30.9 Å². The maximum atomic E-state index is 11.9. The van der Waals surface area contributed by atoms with Crippen LogP contribution in [0, 0.1) is 5.41 Å². The molecular weight excluding hydrogens is 272 g/mol. The first-order valence-electron chi connectivity index (χ1n) is 6.92. The Labute approximate surface area is 123 Å². The molecule has 1 fully saturated rings. The van der Waals surface area contributed by atoms with Crippen molar-refractivity contribution in [3.63, 3.8) is 0 Å². The van der Waals surface area contributed by atoms with Gasteiger partial charge < -0.3 is 20.5 Å². The van der Waals surface area contributed by atoms with Crippen molar-refractivity contribution in [3.05, 3.63) is 29.8 Å². The summed E-state index contributed by atoms with van der Waals surface area (Å²) in [6.07, 6.45) is 1.94. The molecule has 1 aromatic rings. The summed E-state index contributed by atoms with van der Waals surface area (Å²) >= 11 is 0. The van der Waals surface area contributed by atoms with E-state index in [0.717, 1.165) is 5.56 Å². The van der Waals surface area contributed by atoms with Crippen LogP contribution in [0.1, 0.15) is 18.4 Å². The van der Waals surface area contributed by atoms with Crippen molar-refractivity contribution >= 4 is 17.7 Å². The van der Waals surface area contributed by atoms with E-state index in [1.807, 2.05) is 24.3 Å². The number of amides is 2. The van der Waals surface area contributed by atoms with E-state index >= 15 is 0 Å². The Kier molecular flexibility index (Phi) is 4.80. The fourth-order valence-corrected chi connectivity index (χ4v) is 2.11. The Hall–Kier alpha value is -2.08. The van der Waals surface area contributed by atoms with Gasteiger partial charge in [-0.3, -0.25) is 4.79 Å². The zero-order valence-electron chi connectivity index (χ0n) is 12.0. The number of carbonyl (C=O) groups excluding carboxylic acids is 1. The highest BCUT2D eigenvalue weighted by Crippen LogP contribution is 2.45. The number of nitrogens with one attached hydrogen (secondary N) is 2. The van der Waals surface area contributed by atoms with E-state index in [0.29, 0.717) is 31.6 Å². The van der Waals surface area contributed by atoms with Crippen molar-refractivity contribution in [3.8, 4) is 0 Å². The number of anilines is 1. The Morgan fingerprint density at radius 2 is 2.05 bits per heavy atom. The Morgan fingerprint density at radius 1 is 1.33 bits per heavy atom. The van der Waals surface area contributed by atoms with E-state index in [2.05, 4.69) is 10.6 Å². The Morgan fingerprint density at radius 3 is 2.67 bits per heavy atom. The maximum absolute atomic E-state index is 11.9. The third-order valence-electron chi connectivity index (χ3n) is 3.74. The summed E-state index contributed by atoms with van der Waals surface area (Å²) in [7, 11) is 1.63. The number of urea groups is 1. The highest BCUT2D eigenvalue weighted by atomic mass is 16.5. The molecule has 1 aliphatic carbocycles. The normalized spacial score (nSPS) is 15.3. The number of hydrogen-bond donors (Lipinski definition) is 3. The zero-order valence-corrected chi connectivity index (χ0v) is 12.0. The number of carbonyl (C=O) groups is 2. The topological polar surface area (TPSA) is 87.7 Å². The van der Waals surface area contributed by atoms with Crippen molar-refractivity contribution in [2.75, 3.05) is 25.6 Å². The second-order valence-corrected chi connectivity index (χ2v) is 5.29. The summed E-state index contributed by atoms with van der Waals surface area (Å²) in [5.74, 6) is -0.844. The van der Waals surface area contributed by atoms with Gasteiger partial charge in [0.05, 0.1) is 12.0 Å². The van der Waals surface area contributed by atoms with E-state index in [1.165, 1.54) is 0 Å². The molecule has 21 heavy (non-hydrogen) atoms. The minimum Gasteiger partial charge on any atom is -0.481 e. The van der Waals surface area contributed by atoms with E-state index in [9.17, 15) is 9.59 Å². The molecule has 2 amide bonds. The number of methoxy groups -OCH3 is 1. The number of benzene rings is 1. The molecule has 0 aromatic heterocycles. The van der Waals surface area contributed by atoms with Crippen molar-refractivity contribution in [1.82, 2.24) is 5.32 Å². The van der Waals surface area contributed by atoms with Crippen LogP contribution in [-0.2, 0) is 16.0 Å². The molecule has 6 heteroatoms. The van der Waals surface area contributed by atoms with Crippen LogP contribution in [-0.4, -0.2) is 37.4 Å². The monoisotopic (exact) mass is 292 g/mol. The predicted octanol–water partition coefficient (Wildman–Crippen LogP) is 1.86. The highest BCUT2D eigenvalue weighted by molar-refractivity contribution is 5.90. The first kappa shape index (κ1) is 15.3. The van der Waals surface area contributed by atoms with Crippen molar-refractivity contribution in [1.29, 1.82) is 0 Å². The van der Waals surface area contributed by atoms with Crippen LogP contribution in [0.2, 0.25) is 0 Å². The number of aliphatic carboxylic acids is 1. The van der Waals surface area contributed by atoms with Crippen LogP contribution in [0.3, 0.4) is 0 Å². The first-order chi connectivity index (χ1) is 10.1. The average molecular weight is 292 g/mol. The minimum absolute atomic E-state index is 0.161. The van der Waals surface area contributed by atoms with E-state index in [1.54, 1.807) is 7.11 Å². The van der Waals surface area contributed by atoms with Gasteiger partial charge in [-0.2, -0.15) is 0 Å². The molecule has 0 spiro atoms. The summed E-state index contributed by atoms with van der Waals surface area (Å²) in [5.41, 5.74) is 0.938. The number of rotatable bonds is 7. The predicted molar refractivity (Wildman–Crippen MR) is 78.3 cm³/mol. The number of carboxylic acid groups (broad SMARTS) is 1. The second kappa shape index (κ2) is 6.58. The smallest absolute Gasteiger partial charge is 0.319 e. The van der Waals surface area contributed by atoms with Crippen LogP contribution < -0.4 is 10.6 Å². The zero-order chi connectivity index (χ0) is 15.3. The lowest BCUT2D eigenvalue weighted by Gasteiger charge is -2.14. The molecule has 114 valence electrons. The summed E-state index contributed by atoms with van der Waals surface area (Å²) in [6, 6.07) is 7.10. The molecule has 2 rings (SSSR count). The molecule has 0 bridgehead atoms. The van der Waals surface area contributed by atoms with Crippen molar-refractivity contribution in [2.24, 2.45) is 5.41 Å². The summed E-state index contributed by atoms with van der Waals surface area (Å²) < 4.78 is 5.04. The summed E-state index contributed by atoms with van der Waals surface area (Å²) in [6.45, 7) is 0.733. The number of hydrogen-bond acceptors (Lipinski definition) is 3.